The molecule has 9 heteroatoms. The predicted octanol–water partition coefficient (Wildman–Crippen LogP) is 4.24. The molecular formula is C30H43N7OS. The van der Waals surface area contributed by atoms with Crippen LogP contribution in [0.15, 0.2) is 46.5 Å². The lowest BCUT2D eigenvalue weighted by molar-refractivity contribution is -0.121. The fourth-order valence-corrected chi connectivity index (χ4v) is 7.10. The number of aromatic nitrogens is 3. The van der Waals surface area contributed by atoms with Crippen LogP contribution in [0.2, 0.25) is 0 Å². The molecule has 5 rings (SSSR count). The molecule has 8 nitrogen and oxygen atoms in total. The van der Waals surface area contributed by atoms with E-state index in [-0.39, 0.29) is 23.0 Å². The van der Waals surface area contributed by atoms with Gasteiger partial charge in [-0.1, -0.05) is 44.2 Å². The van der Waals surface area contributed by atoms with E-state index in [4.69, 9.17) is 4.99 Å². The van der Waals surface area contributed by atoms with Crippen molar-refractivity contribution in [1.29, 1.82) is 0 Å². The molecule has 0 aromatic carbocycles. The molecule has 1 saturated heterocycles. The SMILES string of the molecule is Cc1nnc2n1C1=C(C(C3=CC=CC(C)C=C3)=N[C@H]2CC(=O)NCCCN2CCN(C)CC2)C(C)C(C)(C)S1. The van der Waals surface area contributed by atoms with Gasteiger partial charge >= 0.3 is 0 Å². The molecule has 3 atom stereocenters. The van der Waals surface area contributed by atoms with Crippen LogP contribution in [-0.4, -0.2) is 87.2 Å². The van der Waals surface area contributed by atoms with Gasteiger partial charge in [-0.2, -0.15) is 0 Å². The molecule has 4 aliphatic rings. The molecule has 0 saturated carbocycles. The molecule has 3 aliphatic heterocycles. The van der Waals surface area contributed by atoms with Crippen molar-refractivity contribution in [2.24, 2.45) is 16.8 Å². The number of hydrogen-bond donors (Lipinski definition) is 1. The van der Waals surface area contributed by atoms with E-state index in [1.165, 1.54) is 5.57 Å². The van der Waals surface area contributed by atoms with E-state index < -0.39 is 6.04 Å². The largest absolute Gasteiger partial charge is 0.356 e. The smallest absolute Gasteiger partial charge is 0.222 e. The summed E-state index contributed by atoms with van der Waals surface area (Å²) in [5.74, 6) is 2.23. The van der Waals surface area contributed by atoms with Crippen LogP contribution in [0, 0.1) is 18.8 Å². The van der Waals surface area contributed by atoms with E-state index in [0.717, 1.165) is 67.1 Å². The number of aliphatic imine (C=N–C) groups is 1. The summed E-state index contributed by atoms with van der Waals surface area (Å²) in [6, 6.07) is -0.403. The number of amides is 1. The maximum atomic E-state index is 13.2. The Hall–Kier alpha value is -2.49. The Kier molecular flexibility index (Phi) is 8.31. The summed E-state index contributed by atoms with van der Waals surface area (Å²) < 4.78 is 2.16. The number of aryl methyl sites for hydroxylation is 1. The van der Waals surface area contributed by atoms with Crippen molar-refractivity contribution in [3.8, 4) is 0 Å². The molecule has 0 spiro atoms. The molecule has 1 N–H and O–H groups in total. The van der Waals surface area contributed by atoms with Crippen molar-refractivity contribution in [2.45, 2.75) is 58.2 Å². The maximum Gasteiger partial charge on any atom is 0.222 e. The number of hydrogen-bond acceptors (Lipinski definition) is 7. The van der Waals surface area contributed by atoms with E-state index in [1.807, 2.05) is 18.7 Å². The van der Waals surface area contributed by atoms with Crippen molar-refractivity contribution in [3.05, 3.63) is 53.2 Å². The van der Waals surface area contributed by atoms with Crippen molar-refractivity contribution in [3.63, 3.8) is 0 Å². The number of nitrogens with zero attached hydrogens (tertiary/aromatic N) is 6. The Labute approximate surface area is 237 Å². The van der Waals surface area contributed by atoms with Crippen LogP contribution in [0.4, 0.5) is 0 Å². The summed E-state index contributed by atoms with van der Waals surface area (Å²) in [5, 5.41) is 13.3. The Morgan fingerprint density at radius 3 is 2.69 bits per heavy atom. The summed E-state index contributed by atoms with van der Waals surface area (Å²) in [4.78, 5) is 23.4. The van der Waals surface area contributed by atoms with Crippen molar-refractivity contribution in [1.82, 2.24) is 29.9 Å². The van der Waals surface area contributed by atoms with E-state index in [0.29, 0.717) is 12.5 Å². The number of carbonyl (C=O) groups excluding carboxylic acids is 1. The minimum Gasteiger partial charge on any atom is -0.356 e. The number of likely N-dealkylation sites (N-methyl/N-ethyl adjacent to an activating group) is 1. The van der Waals surface area contributed by atoms with Crippen LogP contribution in [0.25, 0.3) is 5.03 Å². The topological polar surface area (TPSA) is 78.6 Å². The van der Waals surface area contributed by atoms with Gasteiger partial charge in [-0.15, -0.1) is 22.0 Å². The average molecular weight is 550 g/mol. The number of piperazine rings is 1. The van der Waals surface area contributed by atoms with Gasteiger partial charge in [0.15, 0.2) is 5.82 Å². The summed E-state index contributed by atoms with van der Waals surface area (Å²) in [6.45, 7) is 17.2. The molecule has 210 valence electrons. The molecule has 0 bridgehead atoms. The average Bonchev–Trinajstić information content (AvgIpc) is 3.22. The number of allylic oxidation sites excluding steroid dienone is 7. The normalized spacial score (nSPS) is 27.0. The van der Waals surface area contributed by atoms with Crippen LogP contribution in [0.3, 0.4) is 0 Å². The van der Waals surface area contributed by atoms with Crippen molar-refractivity contribution in [2.75, 3.05) is 46.3 Å². The molecule has 1 aliphatic carbocycles. The lowest BCUT2D eigenvalue weighted by Crippen LogP contribution is -2.45. The third kappa shape index (κ3) is 6.00. The first-order chi connectivity index (χ1) is 18.6. The summed E-state index contributed by atoms with van der Waals surface area (Å²) >= 11 is 1.86. The molecule has 1 amide bonds. The second kappa shape index (κ2) is 11.6. The molecule has 1 fully saturated rings. The Morgan fingerprint density at radius 2 is 1.92 bits per heavy atom. The van der Waals surface area contributed by atoms with Crippen LogP contribution < -0.4 is 5.32 Å². The highest BCUT2D eigenvalue weighted by Gasteiger charge is 2.45. The highest BCUT2D eigenvalue weighted by molar-refractivity contribution is 8.09. The first-order valence-electron chi connectivity index (χ1n) is 14.3. The third-order valence-electron chi connectivity index (χ3n) is 8.45. The van der Waals surface area contributed by atoms with Gasteiger partial charge in [0.25, 0.3) is 0 Å². The third-order valence-corrected chi connectivity index (χ3v) is 9.92. The number of nitrogens with one attached hydrogen (secondary N) is 1. The molecule has 0 radical (unpaired) electrons. The van der Waals surface area contributed by atoms with Crippen LogP contribution >= 0.6 is 11.8 Å². The van der Waals surface area contributed by atoms with Crippen molar-refractivity contribution >= 4 is 28.4 Å². The van der Waals surface area contributed by atoms with Gasteiger partial charge < -0.3 is 15.1 Å². The summed E-state index contributed by atoms with van der Waals surface area (Å²) in [6.07, 6.45) is 12.1. The van der Waals surface area contributed by atoms with Gasteiger partial charge in [0, 0.05) is 49.0 Å². The van der Waals surface area contributed by atoms with Crippen LogP contribution in [0.1, 0.15) is 58.2 Å². The molecule has 2 unspecified atom stereocenters. The van der Waals surface area contributed by atoms with E-state index in [1.54, 1.807) is 0 Å². The zero-order valence-electron chi connectivity index (χ0n) is 24.3. The fourth-order valence-electron chi connectivity index (χ4n) is 5.61. The maximum absolute atomic E-state index is 13.2. The Bertz CT molecular complexity index is 1250. The molecule has 1 aromatic heterocycles. The van der Waals surface area contributed by atoms with Gasteiger partial charge in [-0.3, -0.25) is 14.4 Å². The summed E-state index contributed by atoms with van der Waals surface area (Å²) in [7, 11) is 2.17. The minimum absolute atomic E-state index is 0.00549. The molecule has 4 heterocycles. The van der Waals surface area contributed by atoms with Gasteiger partial charge in [-0.25, -0.2) is 0 Å². The lowest BCUT2D eigenvalue weighted by Gasteiger charge is -2.32. The highest BCUT2D eigenvalue weighted by atomic mass is 32.2. The van der Waals surface area contributed by atoms with Gasteiger partial charge in [0.05, 0.1) is 17.2 Å². The highest BCUT2D eigenvalue weighted by Crippen LogP contribution is 2.55. The van der Waals surface area contributed by atoms with Gasteiger partial charge in [-0.05, 0) is 52.3 Å². The lowest BCUT2D eigenvalue weighted by atomic mass is 9.84. The number of fused-ring (bicyclic) bond motifs is 2. The van der Waals surface area contributed by atoms with Crippen LogP contribution in [0.5, 0.6) is 0 Å². The van der Waals surface area contributed by atoms with Crippen LogP contribution in [-0.2, 0) is 4.79 Å². The first-order valence-corrected chi connectivity index (χ1v) is 15.1. The first kappa shape index (κ1) is 28.1. The Morgan fingerprint density at radius 1 is 1.15 bits per heavy atom. The second-order valence-electron chi connectivity index (χ2n) is 11.9. The van der Waals surface area contributed by atoms with E-state index in [2.05, 4.69) is 95.0 Å². The Balaban J connectivity index is 1.38. The molecular weight excluding hydrogens is 506 g/mol. The quantitative estimate of drug-likeness (QED) is 0.513. The zero-order chi connectivity index (χ0) is 27.7. The summed E-state index contributed by atoms with van der Waals surface area (Å²) in [5.41, 5.74) is 3.29. The van der Waals surface area contributed by atoms with Gasteiger partial charge in [0.1, 0.15) is 11.9 Å². The second-order valence-corrected chi connectivity index (χ2v) is 13.5. The van der Waals surface area contributed by atoms with Gasteiger partial charge in [0.2, 0.25) is 5.91 Å². The number of rotatable bonds is 7. The zero-order valence-corrected chi connectivity index (χ0v) is 25.1. The van der Waals surface area contributed by atoms with Crippen molar-refractivity contribution < 1.29 is 4.79 Å². The standard InChI is InChI=1S/C30H43N7OS/c1-20-9-7-10-23(12-11-20)27-26-21(2)30(4,5)39-29(26)37-22(3)33-34-28(37)24(32-27)19-25(38)31-13-8-14-36-17-15-35(6)16-18-36/h7,9-12,20-21,24H,8,13-19H2,1-6H3,(H,31,38)/t20?,21?,24-/m0/s1. The number of thioether (sulfide) groups is 1. The predicted molar refractivity (Wildman–Crippen MR) is 161 cm³/mol. The van der Waals surface area contributed by atoms with E-state index >= 15 is 0 Å². The minimum atomic E-state index is -0.403. The monoisotopic (exact) mass is 549 g/mol. The number of carbonyl (C=O) groups is 1. The molecule has 1 aromatic rings. The van der Waals surface area contributed by atoms with E-state index in [9.17, 15) is 4.79 Å². The fraction of sp³-hybridized carbons (Fsp3) is 0.600. The molecule has 39 heavy (non-hydrogen) atoms.